The maximum absolute atomic E-state index is 13.1. The Morgan fingerprint density at radius 2 is 1.89 bits per heavy atom. The average Bonchev–Trinajstić information content (AvgIpc) is 2.86. The molecule has 1 N–H and O–H groups in total. The van der Waals surface area contributed by atoms with Crippen LogP contribution in [0.3, 0.4) is 0 Å². The van der Waals surface area contributed by atoms with Crippen LogP contribution in [-0.2, 0) is 22.5 Å². The molecule has 0 bridgehead atoms. The Morgan fingerprint density at radius 3 is 2.64 bits per heavy atom. The van der Waals surface area contributed by atoms with E-state index in [1.165, 1.54) is 5.56 Å². The van der Waals surface area contributed by atoms with Gasteiger partial charge in [0, 0.05) is 31.9 Å². The summed E-state index contributed by atoms with van der Waals surface area (Å²) in [5.74, 6) is 0. The molecule has 0 radical (unpaired) electrons. The van der Waals surface area contributed by atoms with Gasteiger partial charge in [-0.3, -0.25) is 4.98 Å². The summed E-state index contributed by atoms with van der Waals surface area (Å²) in [4.78, 5) is 34.2. The van der Waals surface area contributed by atoms with Crippen LogP contribution in [0.25, 0.3) is 0 Å². The Labute approximate surface area is 214 Å². The van der Waals surface area contributed by atoms with Crippen molar-refractivity contribution in [1.29, 1.82) is 0 Å². The van der Waals surface area contributed by atoms with Gasteiger partial charge in [-0.25, -0.2) is 9.59 Å². The van der Waals surface area contributed by atoms with E-state index in [4.69, 9.17) is 9.47 Å². The monoisotopic (exact) mass is 494 g/mol. The molecule has 1 aromatic heterocycles. The van der Waals surface area contributed by atoms with E-state index in [9.17, 15) is 9.59 Å². The van der Waals surface area contributed by atoms with E-state index in [0.29, 0.717) is 19.6 Å². The van der Waals surface area contributed by atoms with E-state index in [1.807, 2.05) is 63.4 Å². The quantitative estimate of drug-likeness (QED) is 0.649. The minimum atomic E-state index is -0.601. The third-order valence-corrected chi connectivity index (χ3v) is 6.75. The number of aromatic nitrogens is 1. The van der Waals surface area contributed by atoms with Crippen LogP contribution in [-0.4, -0.2) is 64.3 Å². The van der Waals surface area contributed by atoms with Gasteiger partial charge in [-0.05, 0) is 64.2 Å². The number of hydrogen-bond acceptors (Lipinski definition) is 6. The smallest absolute Gasteiger partial charge is 0.410 e. The van der Waals surface area contributed by atoms with Crippen molar-refractivity contribution in [3.8, 4) is 0 Å². The summed E-state index contributed by atoms with van der Waals surface area (Å²) in [6.07, 6.45) is 4.20. The first-order chi connectivity index (χ1) is 17.2. The van der Waals surface area contributed by atoms with Crippen molar-refractivity contribution < 1.29 is 19.1 Å². The Kier molecular flexibility index (Phi) is 8.14. The molecule has 1 aromatic carbocycles. The number of pyridine rings is 1. The number of nitrogens with one attached hydrogen (secondary N) is 1. The lowest BCUT2D eigenvalue weighted by atomic mass is 9.90. The summed E-state index contributed by atoms with van der Waals surface area (Å²) < 4.78 is 11.3. The lowest BCUT2D eigenvalue weighted by molar-refractivity contribution is -0.00924. The highest BCUT2D eigenvalue weighted by atomic mass is 16.6. The molecule has 2 heterocycles. The zero-order valence-electron chi connectivity index (χ0n) is 21.8. The molecule has 1 saturated heterocycles. The molecule has 1 fully saturated rings. The number of rotatable bonds is 5. The highest BCUT2D eigenvalue weighted by molar-refractivity contribution is 5.71. The van der Waals surface area contributed by atoms with Gasteiger partial charge < -0.3 is 24.6 Å². The van der Waals surface area contributed by atoms with Crippen LogP contribution in [0.5, 0.6) is 0 Å². The molecule has 2 aromatic rings. The van der Waals surface area contributed by atoms with Crippen molar-refractivity contribution in [2.75, 3.05) is 19.6 Å². The summed E-state index contributed by atoms with van der Waals surface area (Å²) in [6.45, 7) is 9.02. The van der Waals surface area contributed by atoms with E-state index in [-0.39, 0.29) is 36.9 Å². The van der Waals surface area contributed by atoms with Gasteiger partial charge in [0.05, 0.1) is 17.8 Å². The number of piperazine rings is 1. The summed E-state index contributed by atoms with van der Waals surface area (Å²) in [6, 6.07) is 13.5. The molecule has 8 heteroatoms. The number of fused-ring (bicyclic) bond motifs is 1. The highest BCUT2D eigenvalue weighted by Crippen LogP contribution is 2.29. The van der Waals surface area contributed by atoms with E-state index in [0.717, 1.165) is 30.5 Å². The Morgan fingerprint density at radius 1 is 1.11 bits per heavy atom. The number of ether oxygens (including phenoxy) is 2. The fourth-order valence-electron chi connectivity index (χ4n) is 4.96. The molecule has 2 amide bonds. The van der Waals surface area contributed by atoms with Crippen molar-refractivity contribution >= 4 is 12.2 Å². The molecule has 0 spiro atoms. The SMILES string of the molecule is CC(N[C@H]1CCCc2cccnc21)C1CN(C(=O)OCc2ccccc2)CCN1C(=O)OC(C)(C)C. The van der Waals surface area contributed by atoms with E-state index >= 15 is 0 Å². The maximum Gasteiger partial charge on any atom is 0.410 e. The second-order valence-corrected chi connectivity index (χ2v) is 10.7. The Bertz CT molecular complexity index is 1040. The summed E-state index contributed by atoms with van der Waals surface area (Å²) in [5.41, 5.74) is 2.69. The second kappa shape index (κ2) is 11.3. The zero-order chi connectivity index (χ0) is 25.7. The number of carbonyl (C=O) groups excluding carboxylic acids is 2. The third-order valence-electron chi connectivity index (χ3n) is 6.75. The molecular formula is C28H38N4O4. The molecule has 36 heavy (non-hydrogen) atoms. The van der Waals surface area contributed by atoms with Gasteiger partial charge in [0.15, 0.2) is 0 Å². The Balaban J connectivity index is 1.47. The van der Waals surface area contributed by atoms with Crippen LogP contribution < -0.4 is 5.32 Å². The Hall–Kier alpha value is -3.13. The number of hydrogen-bond donors (Lipinski definition) is 1. The molecule has 8 nitrogen and oxygen atoms in total. The number of aryl methyl sites for hydroxylation is 1. The van der Waals surface area contributed by atoms with Crippen LogP contribution in [0.15, 0.2) is 48.7 Å². The number of nitrogens with zero attached hydrogens (tertiary/aromatic N) is 3. The average molecular weight is 495 g/mol. The van der Waals surface area contributed by atoms with Crippen LogP contribution in [0.2, 0.25) is 0 Å². The lowest BCUT2D eigenvalue weighted by Crippen LogP contribution is -2.63. The fourth-order valence-corrected chi connectivity index (χ4v) is 4.96. The molecule has 2 unspecified atom stereocenters. The van der Waals surface area contributed by atoms with Gasteiger partial charge >= 0.3 is 12.2 Å². The molecule has 3 atom stereocenters. The minimum Gasteiger partial charge on any atom is -0.445 e. The molecule has 0 saturated carbocycles. The van der Waals surface area contributed by atoms with Crippen molar-refractivity contribution in [2.45, 2.75) is 77.3 Å². The number of amides is 2. The predicted octanol–water partition coefficient (Wildman–Crippen LogP) is 4.70. The first kappa shape index (κ1) is 25.9. The second-order valence-electron chi connectivity index (χ2n) is 10.7. The number of benzene rings is 1. The third kappa shape index (κ3) is 6.55. The molecule has 194 valence electrons. The molecule has 4 rings (SSSR count). The van der Waals surface area contributed by atoms with Gasteiger partial charge in [0.25, 0.3) is 0 Å². The first-order valence-corrected chi connectivity index (χ1v) is 12.9. The van der Waals surface area contributed by atoms with Gasteiger partial charge in [-0.15, -0.1) is 0 Å². The maximum atomic E-state index is 13.1. The van der Waals surface area contributed by atoms with Crippen LogP contribution in [0.1, 0.15) is 63.4 Å². The number of carbonyl (C=O) groups is 2. The van der Waals surface area contributed by atoms with Gasteiger partial charge in [-0.2, -0.15) is 0 Å². The normalized spacial score (nSPS) is 20.9. The van der Waals surface area contributed by atoms with E-state index < -0.39 is 5.60 Å². The van der Waals surface area contributed by atoms with E-state index in [1.54, 1.807) is 9.80 Å². The molecular weight excluding hydrogens is 456 g/mol. The molecule has 1 aliphatic carbocycles. The summed E-state index contributed by atoms with van der Waals surface area (Å²) >= 11 is 0. The van der Waals surface area contributed by atoms with Crippen LogP contribution in [0, 0.1) is 0 Å². The summed E-state index contributed by atoms with van der Waals surface area (Å²) in [7, 11) is 0. The van der Waals surface area contributed by atoms with Crippen molar-refractivity contribution in [3.63, 3.8) is 0 Å². The minimum absolute atomic E-state index is 0.0970. The van der Waals surface area contributed by atoms with Crippen LogP contribution in [0.4, 0.5) is 9.59 Å². The first-order valence-electron chi connectivity index (χ1n) is 12.9. The fraction of sp³-hybridized carbons (Fsp3) is 0.536. The van der Waals surface area contributed by atoms with Crippen molar-refractivity contribution in [2.24, 2.45) is 0 Å². The molecule has 2 aliphatic rings. The predicted molar refractivity (Wildman–Crippen MR) is 137 cm³/mol. The van der Waals surface area contributed by atoms with Gasteiger partial charge in [-0.1, -0.05) is 36.4 Å². The van der Waals surface area contributed by atoms with Crippen LogP contribution >= 0.6 is 0 Å². The summed E-state index contributed by atoms with van der Waals surface area (Å²) in [5, 5.41) is 3.72. The standard InChI is InChI=1S/C28H38N4O4/c1-20(30-23-14-8-12-22-13-9-15-29-25(22)23)24-18-31(16-17-32(24)27(34)36-28(2,3)4)26(33)35-19-21-10-6-5-7-11-21/h5-7,9-11,13,15,20,23-24,30H,8,12,14,16-19H2,1-4H3/t20?,23-,24?/m0/s1. The highest BCUT2D eigenvalue weighted by Gasteiger charge is 2.39. The molecule has 1 aliphatic heterocycles. The van der Waals surface area contributed by atoms with E-state index in [2.05, 4.69) is 23.3 Å². The largest absolute Gasteiger partial charge is 0.445 e. The topological polar surface area (TPSA) is 84.0 Å². The lowest BCUT2D eigenvalue weighted by Gasteiger charge is -2.44. The van der Waals surface area contributed by atoms with Crippen molar-refractivity contribution in [3.05, 3.63) is 65.5 Å². The van der Waals surface area contributed by atoms with Gasteiger partial charge in [0.1, 0.15) is 12.2 Å². The van der Waals surface area contributed by atoms with Gasteiger partial charge in [0.2, 0.25) is 0 Å². The van der Waals surface area contributed by atoms with Crippen molar-refractivity contribution in [1.82, 2.24) is 20.1 Å². The zero-order valence-corrected chi connectivity index (χ0v) is 21.8.